The van der Waals surface area contributed by atoms with Gasteiger partial charge in [0.25, 0.3) is 0 Å². The predicted octanol–water partition coefficient (Wildman–Crippen LogP) is 7.15. The van der Waals surface area contributed by atoms with Gasteiger partial charge in [-0.05, 0) is 87.6 Å². The molecule has 0 aromatic heterocycles. The molecule has 0 radical (unpaired) electrons. The van der Waals surface area contributed by atoms with Crippen molar-refractivity contribution in [1.82, 2.24) is 0 Å². The van der Waals surface area contributed by atoms with Gasteiger partial charge in [-0.25, -0.2) is 4.79 Å². The Hall–Kier alpha value is -2.99. The van der Waals surface area contributed by atoms with Crippen LogP contribution in [0.1, 0.15) is 64.4 Å². The Morgan fingerprint density at radius 3 is 2.29 bits per heavy atom. The summed E-state index contributed by atoms with van der Waals surface area (Å²) in [6, 6.07) is 17.7. The summed E-state index contributed by atoms with van der Waals surface area (Å²) in [5.41, 5.74) is 1.45. The van der Waals surface area contributed by atoms with Crippen LogP contribution in [-0.4, -0.2) is 29.7 Å². The van der Waals surface area contributed by atoms with Gasteiger partial charge in [0.2, 0.25) is 0 Å². The van der Waals surface area contributed by atoms with E-state index < -0.39 is 5.60 Å². The molecule has 2 aliphatic rings. The predicted molar refractivity (Wildman–Crippen MR) is 151 cm³/mol. The number of hydrogen-bond acceptors (Lipinski definition) is 5. The lowest BCUT2D eigenvalue weighted by Gasteiger charge is -2.23. The summed E-state index contributed by atoms with van der Waals surface area (Å²) in [4.78, 5) is 39.0. The van der Waals surface area contributed by atoms with Gasteiger partial charge in [-0.1, -0.05) is 58.4 Å². The molecule has 200 valence electrons. The standard InChI is InChI=1S/C32H35BrO5/c1-32(2,3)38-31(36)28(27-20-26(27)22-9-5-4-6-10-22)17-21-18-29(34)25(30(35)19-21)11-7-8-16-37-24-14-12-23(33)13-15-24/h4-6,9-15,17,21,26-27H,7-8,16,18-20H2,1-3H3/b25-11?,28-17-/t21?,26-,27+/m0/s1. The van der Waals surface area contributed by atoms with Gasteiger partial charge in [-0.3, -0.25) is 9.59 Å². The molecule has 2 atom stereocenters. The third-order valence-corrected chi connectivity index (χ3v) is 7.27. The molecule has 2 fully saturated rings. The van der Waals surface area contributed by atoms with E-state index in [1.807, 2.05) is 69.3 Å². The van der Waals surface area contributed by atoms with E-state index in [1.165, 1.54) is 5.56 Å². The minimum absolute atomic E-state index is 0.0418. The van der Waals surface area contributed by atoms with E-state index >= 15 is 0 Å². The van der Waals surface area contributed by atoms with Gasteiger partial charge in [-0.15, -0.1) is 0 Å². The Labute approximate surface area is 233 Å². The third-order valence-electron chi connectivity index (χ3n) is 6.74. The van der Waals surface area contributed by atoms with Crippen molar-refractivity contribution in [3.05, 3.63) is 87.9 Å². The van der Waals surface area contributed by atoms with Gasteiger partial charge >= 0.3 is 5.97 Å². The number of benzene rings is 2. The first-order valence-corrected chi connectivity index (χ1v) is 14.0. The number of ketones is 2. The largest absolute Gasteiger partial charge is 0.494 e. The Morgan fingerprint density at radius 1 is 1.00 bits per heavy atom. The zero-order valence-corrected chi connectivity index (χ0v) is 23.8. The van der Waals surface area contributed by atoms with Gasteiger partial charge in [0.1, 0.15) is 11.4 Å². The molecule has 0 heterocycles. The summed E-state index contributed by atoms with van der Waals surface area (Å²) in [7, 11) is 0. The average molecular weight is 580 g/mol. The highest BCUT2D eigenvalue weighted by molar-refractivity contribution is 9.10. The maximum absolute atomic E-state index is 13.2. The zero-order valence-electron chi connectivity index (χ0n) is 22.2. The van der Waals surface area contributed by atoms with Crippen molar-refractivity contribution in [3.8, 4) is 5.75 Å². The minimum atomic E-state index is -0.623. The topological polar surface area (TPSA) is 69.7 Å². The zero-order chi connectivity index (χ0) is 27.3. The lowest BCUT2D eigenvalue weighted by atomic mass is 9.82. The van der Waals surface area contributed by atoms with E-state index in [4.69, 9.17) is 9.47 Å². The molecule has 4 rings (SSSR count). The minimum Gasteiger partial charge on any atom is -0.494 e. The fraction of sp³-hybridized carbons (Fsp3) is 0.406. The highest BCUT2D eigenvalue weighted by atomic mass is 79.9. The molecule has 0 unspecified atom stereocenters. The highest BCUT2D eigenvalue weighted by Gasteiger charge is 2.45. The number of Topliss-reactive ketones (excluding diaryl/α,β-unsaturated/α-hetero) is 2. The molecule has 0 saturated heterocycles. The number of carbonyl (C=O) groups excluding carboxylic acids is 3. The number of carbonyl (C=O) groups is 3. The number of unbranched alkanes of at least 4 members (excludes halogenated alkanes) is 1. The van der Waals surface area contributed by atoms with Crippen LogP contribution in [0.4, 0.5) is 0 Å². The van der Waals surface area contributed by atoms with Crippen molar-refractivity contribution in [3.63, 3.8) is 0 Å². The molecule has 2 aliphatic carbocycles. The first-order chi connectivity index (χ1) is 18.1. The van der Waals surface area contributed by atoms with Crippen LogP contribution >= 0.6 is 15.9 Å². The molecule has 6 heteroatoms. The van der Waals surface area contributed by atoms with Crippen molar-refractivity contribution in [2.45, 2.75) is 64.4 Å². The van der Waals surface area contributed by atoms with Gasteiger partial charge in [0.05, 0.1) is 12.2 Å². The van der Waals surface area contributed by atoms with Crippen LogP contribution in [0.25, 0.3) is 0 Å². The molecule has 2 saturated carbocycles. The van der Waals surface area contributed by atoms with Crippen molar-refractivity contribution in [2.24, 2.45) is 11.8 Å². The number of rotatable bonds is 9. The van der Waals surface area contributed by atoms with Crippen LogP contribution in [0.2, 0.25) is 0 Å². The number of halogens is 1. The van der Waals surface area contributed by atoms with Crippen molar-refractivity contribution in [2.75, 3.05) is 6.61 Å². The fourth-order valence-corrected chi connectivity index (χ4v) is 5.13. The number of allylic oxidation sites excluding steroid dienone is 3. The number of hydrogen-bond donors (Lipinski definition) is 0. The Balaban J connectivity index is 1.38. The Bertz CT molecular complexity index is 1200. The summed E-state index contributed by atoms with van der Waals surface area (Å²) in [5, 5.41) is 0. The van der Waals surface area contributed by atoms with Gasteiger partial charge in [0, 0.05) is 22.9 Å². The molecular weight excluding hydrogens is 544 g/mol. The molecular formula is C32H35BrO5. The lowest BCUT2D eigenvalue weighted by molar-refractivity contribution is -0.150. The van der Waals surface area contributed by atoms with E-state index in [-0.39, 0.29) is 53.7 Å². The molecule has 0 bridgehead atoms. The van der Waals surface area contributed by atoms with E-state index in [0.717, 1.165) is 16.6 Å². The summed E-state index contributed by atoms with van der Waals surface area (Å²) < 4.78 is 12.4. The van der Waals surface area contributed by atoms with E-state index in [9.17, 15) is 14.4 Å². The first kappa shape index (κ1) is 28.0. The fourth-order valence-electron chi connectivity index (χ4n) is 4.86. The summed E-state index contributed by atoms with van der Waals surface area (Å²) in [5.74, 6) is 0.109. The van der Waals surface area contributed by atoms with Gasteiger partial charge in [0.15, 0.2) is 11.6 Å². The van der Waals surface area contributed by atoms with Crippen molar-refractivity contribution < 1.29 is 23.9 Å². The molecule has 5 nitrogen and oxygen atoms in total. The second-order valence-electron chi connectivity index (χ2n) is 11.1. The van der Waals surface area contributed by atoms with E-state index in [2.05, 4.69) is 28.1 Å². The van der Waals surface area contributed by atoms with Crippen molar-refractivity contribution in [1.29, 1.82) is 0 Å². The van der Waals surface area contributed by atoms with Crippen LogP contribution in [0.5, 0.6) is 5.75 Å². The third kappa shape index (κ3) is 7.76. The van der Waals surface area contributed by atoms with E-state index in [0.29, 0.717) is 25.0 Å². The second kappa shape index (κ2) is 12.2. The Kier molecular flexibility index (Phi) is 9.03. The smallest absolute Gasteiger partial charge is 0.334 e. The number of esters is 1. The quantitative estimate of drug-likeness (QED) is 0.137. The number of ether oxygens (including phenoxy) is 2. The molecule has 0 amide bonds. The molecule has 2 aromatic rings. The molecule has 38 heavy (non-hydrogen) atoms. The Morgan fingerprint density at radius 2 is 1.66 bits per heavy atom. The lowest BCUT2D eigenvalue weighted by Crippen LogP contribution is -2.28. The monoisotopic (exact) mass is 578 g/mol. The molecule has 0 aliphatic heterocycles. The van der Waals surface area contributed by atoms with Gasteiger partial charge in [-0.2, -0.15) is 0 Å². The normalized spacial score (nSPS) is 21.7. The van der Waals surface area contributed by atoms with Crippen LogP contribution in [0.3, 0.4) is 0 Å². The molecule has 2 aromatic carbocycles. The van der Waals surface area contributed by atoms with Crippen molar-refractivity contribution >= 4 is 33.5 Å². The van der Waals surface area contributed by atoms with Crippen LogP contribution < -0.4 is 4.74 Å². The maximum Gasteiger partial charge on any atom is 0.334 e. The van der Waals surface area contributed by atoms with Crippen LogP contribution in [0, 0.1) is 11.8 Å². The molecule has 0 spiro atoms. The maximum atomic E-state index is 13.2. The average Bonchev–Trinajstić information content (AvgIpc) is 3.65. The SMILES string of the molecule is CC(C)(C)OC(=O)/C(=C\C1CC(=O)C(=CCCCOc2ccc(Br)cc2)C(=O)C1)[C@@H]1C[C@H]1c1ccccc1. The summed E-state index contributed by atoms with van der Waals surface area (Å²) in [6.45, 7) is 6.04. The second-order valence-corrected chi connectivity index (χ2v) is 12.0. The highest BCUT2D eigenvalue weighted by Crippen LogP contribution is 2.52. The summed E-state index contributed by atoms with van der Waals surface area (Å²) >= 11 is 3.40. The van der Waals surface area contributed by atoms with E-state index in [1.54, 1.807) is 6.08 Å². The first-order valence-electron chi connectivity index (χ1n) is 13.3. The van der Waals surface area contributed by atoms with Crippen LogP contribution in [-0.2, 0) is 19.1 Å². The summed E-state index contributed by atoms with van der Waals surface area (Å²) in [6.07, 6.45) is 6.20. The van der Waals surface area contributed by atoms with Gasteiger partial charge < -0.3 is 9.47 Å². The molecule has 0 N–H and O–H groups in total. The van der Waals surface area contributed by atoms with Crippen LogP contribution in [0.15, 0.2) is 82.4 Å².